The Morgan fingerprint density at radius 3 is 2.44 bits per heavy atom. The summed E-state index contributed by atoms with van der Waals surface area (Å²) < 4.78 is 12.7. The molecule has 2 aromatic heterocycles. The molecule has 9 nitrogen and oxygen atoms in total. The number of amides is 2. The first-order chi connectivity index (χ1) is 16.1. The molecule has 0 aliphatic carbocycles. The predicted molar refractivity (Wildman–Crippen MR) is 131 cm³/mol. The summed E-state index contributed by atoms with van der Waals surface area (Å²) in [7, 11) is 1.30. The van der Waals surface area contributed by atoms with Crippen LogP contribution in [0.1, 0.15) is 30.6 Å². The van der Waals surface area contributed by atoms with Crippen molar-refractivity contribution >= 4 is 61.8 Å². The van der Waals surface area contributed by atoms with Crippen molar-refractivity contribution in [2.75, 3.05) is 17.7 Å². The van der Waals surface area contributed by atoms with Crippen LogP contribution < -0.4 is 10.6 Å². The van der Waals surface area contributed by atoms with Crippen LogP contribution in [0.25, 0.3) is 21.1 Å². The van der Waals surface area contributed by atoms with E-state index in [4.69, 9.17) is 9.47 Å². The van der Waals surface area contributed by atoms with E-state index < -0.39 is 17.6 Å². The molecule has 10 heteroatoms. The molecule has 0 unspecified atom stereocenters. The van der Waals surface area contributed by atoms with E-state index in [0.29, 0.717) is 16.9 Å². The number of carbonyl (C=O) groups is 3. The van der Waals surface area contributed by atoms with Crippen molar-refractivity contribution in [3.05, 3.63) is 53.7 Å². The average molecular weight is 481 g/mol. The zero-order valence-electron chi connectivity index (χ0n) is 19.2. The Kier molecular flexibility index (Phi) is 6.25. The molecule has 2 N–H and O–H groups in total. The van der Waals surface area contributed by atoms with Gasteiger partial charge in [-0.25, -0.2) is 14.6 Å². The standard InChI is InChI=1S/C24H24N4O5S/c1-24(2,3)33-20(29)13-28-10-9-14-11-15(6-8-18(14)28)25-23(31)26-16-5-7-17-19(12-16)34-21(27-17)22(30)32-4/h5-12H,13H2,1-4H3,(H2,25,26,31). The van der Waals surface area contributed by atoms with Gasteiger partial charge in [0.25, 0.3) is 0 Å². The smallest absolute Gasteiger partial charge is 0.367 e. The molecule has 0 radical (unpaired) electrons. The fraction of sp³-hybridized carbons (Fsp3) is 0.250. The van der Waals surface area contributed by atoms with Crippen LogP contribution in [-0.2, 0) is 20.8 Å². The number of urea groups is 1. The first-order valence-corrected chi connectivity index (χ1v) is 11.3. The number of anilines is 2. The Balaban J connectivity index is 1.43. The van der Waals surface area contributed by atoms with Crippen LogP contribution >= 0.6 is 11.3 Å². The topological polar surface area (TPSA) is 112 Å². The zero-order valence-corrected chi connectivity index (χ0v) is 20.0. The summed E-state index contributed by atoms with van der Waals surface area (Å²) in [6.45, 7) is 5.59. The van der Waals surface area contributed by atoms with E-state index in [0.717, 1.165) is 15.6 Å². The third kappa shape index (κ3) is 5.34. The largest absolute Gasteiger partial charge is 0.464 e. The molecule has 4 aromatic rings. The van der Waals surface area contributed by atoms with E-state index in [2.05, 4.69) is 15.6 Å². The molecule has 0 bridgehead atoms. The van der Waals surface area contributed by atoms with E-state index in [-0.39, 0.29) is 17.5 Å². The minimum atomic E-state index is -0.543. The molecule has 0 saturated carbocycles. The number of nitrogens with one attached hydrogen (secondary N) is 2. The molecule has 0 saturated heterocycles. The van der Waals surface area contributed by atoms with Gasteiger partial charge in [0.05, 0.1) is 17.3 Å². The van der Waals surface area contributed by atoms with E-state index in [1.54, 1.807) is 28.8 Å². The molecule has 0 aliphatic rings. The van der Waals surface area contributed by atoms with E-state index in [1.165, 1.54) is 18.4 Å². The second-order valence-electron chi connectivity index (χ2n) is 8.58. The van der Waals surface area contributed by atoms with Gasteiger partial charge < -0.3 is 24.7 Å². The summed E-state index contributed by atoms with van der Waals surface area (Å²) in [4.78, 5) is 40.6. The Morgan fingerprint density at radius 2 is 1.74 bits per heavy atom. The molecular weight excluding hydrogens is 456 g/mol. The highest BCUT2D eigenvalue weighted by molar-refractivity contribution is 7.20. The molecule has 0 aliphatic heterocycles. The summed E-state index contributed by atoms with van der Waals surface area (Å²) in [6.07, 6.45) is 1.81. The number of thiazole rings is 1. The third-order valence-electron chi connectivity index (χ3n) is 4.75. The van der Waals surface area contributed by atoms with Crippen LogP contribution in [0.2, 0.25) is 0 Å². The molecule has 0 fully saturated rings. The van der Waals surface area contributed by atoms with Crippen LogP contribution in [0.3, 0.4) is 0 Å². The van der Waals surface area contributed by atoms with Crippen molar-refractivity contribution < 1.29 is 23.9 Å². The molecule has 0 spiro atoms. The maximum absolute atomic E-state index is 12.5. The van der Waals surface area contributed by atoms with Crippen molar-refractivity contribution in [1.29, 1.82) is 0 Å². The SMILES string of the molecule is COC(=O)c1nc2ccc(NC(=O)Nc3ccc4c(ccn4CC(=O)OC(C)(C)C)c3)cc2s1. The van der Waals surface area contributed by atoms with Crippen molar-refractivity contribution in [3.8, 4) is 0 Å². The highest BCUT2D eigenvalue weighted by Gasteiger charge is 2.17. The maximum Gasteiger partial charge on any atom is 0.367 e. The number of nitrogens with zero attached hydrogens (tertiary/aromatic N) is 2. The van der Waals surface area contributed by atoms with Crippen molar-refractivity contribution in [2.45, 2.75) is 32.9 Å². The Labute approximate surface area is 199 Å². The third-order valence-corrected chi connectivity index (χ3v) is 5.75. The predicted octanol–water partition coefficient (Wildman–Crippen LogP) is 5.02. The van der Waals surface area contributed by atoms with E-state index in [1.807, 2.05) is 45.2 Å². The number of hydrogen-bond donors (Lipinski definition) is 2. The van der Waals surface area contributed by atoms with Crippen molar-refractivity contribution in [2.24, 2.45) is 0 Å². The number of esters is 2. The van der Waals surface area contributed by atoms with Crippen LogP contribution in [0.5, 0.6) is 0 Å². The van der Waals surface area contributed by atoms with Gasteiger partial charge in [-0.05, 0) is 63.2 Å². The van der Waals surface area contributed by atoms with Crippen molar-refractivity contribution in [1.82, 2.24) is 9.55 Å². The highest BCUT2D eigenvalue weighted by atomic mass is 32.1. The quantitative estimate of drug-likeness (QED) is 0.388. The lowest BCUT2D eigenvalue weighted by molar-refractivity contribution is -0.155. The summed E-state index contributed by atoms with van der Waals surface area (Å²) in [5.74, 6) is -0.813. The minimum absolute atomic E-state index is 0.103. The normalized spacial score (nSPS) is 11.4. The molecule has 2 heterocycles. The van der Waals surface area contributed by atoms with Gasteiger partial charge in [0.1, 0.15) is 12.1 Å². The van der Waals surface area contributed by atoms with E-state index in [9.17, 15) is 14.4 Å². The fourth-order valence-electron chi connectivity index (χ4n) is 3.40. The van der Waals surface area contributed by atoms with Crippen LogP contribution in [0.4, 0.5) is 16.2 Å². The second kappa shape index (κ2) is 9.14. The zero-order chi connectivity index (χ0) is 24.5. The first kappa shape index (κ1) is 23.2. The fourth-order valence-corrected chi connectivity index (χ4v) is 4.32. The molecule has 34 heavy (non-hydrogen) atoms. The lowest BCUT2D eigenvalue weighted by Gasteiger charge is -2.19. The van der Waals surface area contributed by atoms with Crippen LogP contribution in [0.15, 0.2) is 48.7 Å². The number of fused-ring (bicyclic) bond motifs is 2. The number of aromatic nitrogens is 2. The Hall–Kier alpha value is -3.92. The number of hydrogen-bond acceptors (Lipinski definition) is 7. The van der Waals surface area contributed by atoms with Gasteiger partial charge >= 0.3 is 18.0 Å². The van der Waals surface area contributed by atoms with Gasteiger partial charge in [0, 0.05) is 28.5 Å². The number of methoxy groups -OCH3 is 1. The highest BCUT2D eigenvalue weighted by Crippen LogP contribution is 2.26. The van der Waals surface area contributed by atoms with Crippen LogP contribution in [-0.4, -0.2) is 40.2 Å². The molecule has 2 aromatic carbocycles. The van der Waals surface area contributed by atoms with Gasteiger partial charge in [0.15, 0.2) is 0 Å². The molecular formula is C24H24N4O5S. The van der Waals surface area contributed by atoms with Gasteiger partial charge in [-0.1, -0.05) is 0 Å². The van der Waals surface area contributed by atoms with Crippen LogP contribution in [0, 0.1) is 0 Å². The first-order valence-electron chi connectivity index (χ1n) is 10.5. The van der Waals surface area contributed by atoms with Gasteiger partial charge in [-0.15, -0.1) is 11.3 Å². The summed E-state index contributed by atoms with van der Waals surface area (Å²) in [5.41, 5.74) is 2.13. The summed E-state index contributed by atoms with van der Waals surface area (Å²) in [5, 5.41) is 6.72. The van der Waals surface area contributed by atoms with Gasteiger partial charge in [-0.3, -0.25) is 4.79 Å². The second-order valence-corrected chi connectivity index (χ2v) is 9.61. The number of rotatable bonds is 5. The molecule has 0 atom stereocenters. The summed E-state index contributed by atoms with van der Waals surface area (Å²) >= 11 is 1.19. The van der Waals surface area contributed by atoms with Gasteiger partial charge in [0.2, 0.25) is 5.01 Å². The average Bonchev–Trinajstić information content (AvgIpc) is 3.35. The van der Waals surface area contributed by atoms with E-state index >= 15 is 0 Å². The monoisotopic (exact) mass is 480 g/mol. The maximum atomic E-state index is 12.5. The molecule has 176 valence electrons. The minimum Gasteiger partial charge on any atom is -0.464 e. The lowest BCUT2D eigenvalue weighted by atomic mass is 10.2. The Morgan fingerprint density at radius 1 is 1.03 bits per heavy atom. The Bertz CT molecular complexity index is 1400. The number of ether oxygens (including phenoxy) is 2. The lowest BCUT2D eigenvalue weighted by Crippen LogP contribution is -2.26. The molecule has 4 rings (SSSR count). The number of benzene rings is 2. The molecule has 2 amide bonds. The van der Waals surface area contributed by atoms with Crippen molar-refractivity contribution in [3.63, 3.8) is 0 Å². The summed E-state index contributed by atoms with van der Waals surface area (Å²) in [6, 6.07) is 12.1. The van der Waals surface area contributed by atoms with Gasteiger partial charge in [-0.2, -0.15) is 0 Å². The number of carbonyl (C=O) groups excluding carboxylic acids is 3.